The molecule has 2 aromatic carbocycles. The highest BCUT2D eigenvalue weighted by atomic mass is 35.5. The third-order valence-electron chi connectivity index (χ3n) is 4.74. The van der Waals surface area contributed by atoms with Crippen LogP contribution in [-0.2, 0) is 6.54 Å². The quantitative estimate of drug-likeness (QED) is 0.799. The van der Waals surface area contributed by atoms with Crippen LogP contribution in [0.2, 0.25) is 5.02 Å². The Bertz CT molecular complexity index is 737. The summed E-state index contributed by atoms with van der Waals surface area (Å²) in [6.07, 6.45) is 0. The van der Waals surface area contributed by atoms with Crippen LogP contribution in [0.5, 0.6) is 0 Å². The first-order valence-electron chi connectivity index (χ1n) is 8.61. The Morgan fingerprint density at radius 3 is 2.32 bits per heavy atom. The zero-order chi connectivity index (χ0) is 17.8. The van der Waals surface area contributed by atoms with Gasteiger partial charge in [0, 0.05) is 43.4 Å². The van der Waals surface area contributed by atoms with Crippen LogP contribution < -0.4 is 5.32 Å². The molecule has 1 heterocycles. The van der Waals surface area contributed by atoms with Crippen molar-refractivity contribution in [1.29, 1.82) is 0 Å². The van der Waals surface area contributed by atoms with Crippen molar-refractivity contribution >= 4 is 34.6 Å². The molecule has 1 fully saturated rings. The lowest BCUT2D eigenvalue weighted by Gasteiger charge is -2.36. The third-order valence-corrected chi connectivity index (χ3v) is 5.35. The van der Waals surface area contributed by atoms with Crippen molar-refractivity contribution in [2.24, 2.45) is 0 Å². The van der Waals surface area contributed by atoms with Gasteiger partial charge in [0.05, 0.1) is 0 Å². The highest BCUT2D eigenvalue weighted by molar-refractivity contribution is 7.80. The van der Waals surface area contributed by atoms with Crippen molar-refractivity contribution in [1.82, 2.24) is 9.80 Å². The summed E-state index contributed by atoms with van der Waals surface area (Å²) >= 11 is 11.5. The SMILES string of the molecule is Cc1ccc(NC(=S)N2CCN(Cc3ccc(Cl)cc3)CC2)cc1C. The fraction of sp³-hybridized carbons (Fsp3) is 0.350. The molecule has 3 nitrogen and oxygen atoms in total. The molecule has 0 saturated carbocycles. The molecule has 0 atom stereocenters. The zero-order valence-corrected chi connectivity index (χ0v) is 16.3. The summed E-state index contributed by atoms with van der Waals surface area (Å²) in [5, 5.41) is 4.98. The molecule has 1 aliphatic heterocycles. The van der Waals surface area contributed by atoms with E-state index in [1.165, 1.54) is 16.7 Å². The number of aryl methyl sites for hydroxylation is 2. The summed E-state index contributed by atoms with van der Waals surface area (Å²) in [7, 11) is 0. The molecule has 132 valence electrons. The van der Waals surface area contributed by atoms with E-state index in [-0.39, 0.29) is 0 Å². The summed E-state index contributed by atoms with van der Waals surface area (Å²) in [6, 6.07) is 14.5. The Morgan fingerprint density at radius 1 is 1.00 bits per heavy atom. The molecule has 0 unspecified atom stereocenters. The Kier molecular flexibility index (Phi) is 5.94. The van der Waals surface area contributed by atoms with Crippen molar-refractivity contribution in [3.63, 3.8) is 0 Å². The van der Waals surface area contributed by atoms with Gasteiger partial charge in [0.15, 0.2) is 5.11 Å². The summed E-state index contributed by atoms with van der Waals surface area (Å²) < 4.78 is 0. The maximum absolute atomic E-state index is 5.95. The minimum absolute atomic E-state index is 0.788. The molecule has 25 heavy (non-hydrogen) atoms. The van der Waals surface area contributed by atoms with Crippen LogP contribution in [-0.4, -0.2) is 41.1 Å². The van der Waals surface area contributed by atoms with Crippen molar-refractivity contribution in [2.75, 3.05) is 31.5 Å². The second kappa shape index (κ2) is 8.17. The van der Waals surface area contributed by atoms with Gasteiger partial charge in [-0.2, -0.15) is 0 Å². The minimum Gasteiger partial charge on any atom is -0.346 e. The first-order valence-corrected chi connectivity index (χ1v) is 9.40. The maximum Gasteiger partial charge on any atom is 0.173 e. The fourth-order valence-electron chi connectivity index (χ4n) is 2.98. The van der Waals surface area contributed by atoms with Crippen LogP contribution in [0.25, 0.3) is 0 Å². The second-order valence-corrected chi connectivity index (χ2v) is 7.44. The molecule has 1 aliphatic rings. The number of piperazine rings is 1. The molecular weight excluding hydrogens is 350 g/mol. The van der Waals surface area contributed by atoms with Gasteiger partial charge in [-0.15, -0.1) is 0 Å². The number of benzene rings is 2. The number of anilines is 1. The van der Waals surface area contributed by atoms with E-state index in [0.29, 0.717) is 0 Å². The molecule has 0 spiro atoms. The van der Waals surface area contributed by atoms with Gasteiger partial charge >= 0.3 is 0 Å². The zero-order valence-electron chi connectivity index (χ0n) is 14.8. The van der Waals surface area contributed by atoms with Crippen molar-refractivity contribution in [3.05, 3.63) is 64.2 Å². The van der Waals surface area contributed by atoms with Crippen LogP contribution >= 0.6 is 23.8 Å². The Morgan fingerprint density at radius 2 is 1.68 bits per heavy atom. The number of hydrogen-bond donors (Lipinski definition) is 1. The first-order chi connectivity index (χ1) is 12.0. The Hall–Kier alpha value is -1.62. The molecular formula is C20H24ClN3S. The lowest BCUT2D eigenvalue weighted by Crippen LogP contribution is -2.49. The number of nitrogens with zero attached hydrogens (tertiary/aromatic N) is 2. The van der Waals surface area contributed by atoms with Crippen molar-refractivity contribution in [3.8, 4) is 0 Å². The lowest BCUT2D eigenvalue weighted by atomic mass is 10.1. The summed E-state index contributed by atoms with van der Waals surface area (Å²) in [5.74, 6) is 0. The number of rotatable bonds is 3. The molecule has 1 saturated heterocycles. The highest BCUT2D eigenvalue weighted by Gasteiger charge is 2.19. The van der Waals surface area contributed by atoms with E-state index in [0.717, 1.165) is 48.5 Å². The Labute approximate surface area is 160 Å². The standard InChI is InChI=1S/C20H24ClN3S/c1-15-3-8-19(13-16(15)2)22-20(25)24-11-9-23(10-12-24)14-17-4-6-18(21)7-5-17/h3-8,13H,9-12,14H2,1-2H3,(H,22,25). The number of nitrogens with one attached hydrogen (secondary N) is 1. The molecule has 0 radical (unpaired) electrons. The van der Waals surface area contributed by atoms with Crippen LogP contribution in [0, 0.1) is 13.8 Å². The topological polar surface area (TPSA) is 18.5 Å². The molecule has 0 bridgehead atoms. The van der Waals surface area contributed by atoms with Gasteiger partial charge in [0.25, 0.3) is 0 Å². The number of thiocarbonyl (C=S) groups is 1. The number of halogens is 1. The minimum atomic E-state index is 0.788. The third kappa shape index (κ3) is 4.94. The number of hydrogen-bond acceptors (Lipinski definition) is 2. The van der Waals surface area contributed by atoms with Crippen LogP contribution in [0.1, 0.15) is 16.7 Å². The van der Waals surface area contributed by atoms with E-state index >= 15 is 0 Å². The van der Waals surface area contributed by atoms with E-state index in [4.69, 9.17) is 23.8 Å². The van der Waals surface area contributed by atoms with E-state index in [2.05, 4.69) is 59.3 Å². The van der Waals surface area contributed by atoms with E-state index in [9.17, 15) is 0 Å². The molecule has 1 N–H and O–H groups in total. The van der Waals surface area contributed by atoms with Crippen molar-refractivity contribution in [2.45, 2.75) is 20.4 Å². The molecule has 5 heteroatoms. The largest absolute Gasteiger partial charge is 0.346 e. The van der Waals surface area contributed by atoms with Gasteiger partial charge in [-0.3, -0.25) is 4.90 Å². The van der Waals surface area contributed by atoms with Crippen LogP contribution in [0.4, 0.5) is 5.69 Å². The smallest absolute Gasteiger partial charge is 0.173 e. The van der Waals surface area contributed by atoms with Gasteiger partial charge in [0.2, 0.25) is 0 Å². The normalized spacial score (nSPS) is 15.2. The lowest BCUT2D eigenvalue weighted by molar-refractivity contribution is 0.177. The van der Waals surface area contributed by atoms with Gasteiger partial charge < -0.3 is 10.2 Å². The van der Waals surface area contributed by atoms with E-state index in [1.807, 2.05) is 12.1 Å². The van der Waals surface area contributed by atoms with Crippen molar-refractivity contribution < 1.29 is 0 Å². The molecule has 0 aromatic heterocycles. The molecule has 2 aromatic rings. The van der Waals surface area contributed by atoms with E-state index in [1.54, 1.807) is 0 Å². The average Bonchev–Trinajstić information content (AvgIpc) is 2.61. The molecule has 0 amide bonds. The monoisotopic (exact) mass is 373 g/mol. The summed E-state index contributed by atoms with van der Waals surface area (Å²) in [5.41, 5.74) is 4.94. The maximum atomic E-state index is 5.95. The van der Waals surface area contributed by atoms with Gasteiger partial charge in [-0.05, 0) is 67.0 Å². The molecule has 0 aliphatic carbocycles. The fourth-order valence-corrected chi connectivity index (χ4v) is 3.41. The van der Waals surface area contributed by atoms with Gasteiger partial charge in [0.1, 0.15) is 0 Å². The predicted molar refractivity (Wildman–Crippen MR) is 110 cm³/mol. The summed E-state index contributed by atoms with van der Waals surface area (Å²) in [4.78, 5) is 4.71. The molecule has 3 rings (SSSR count). The van der Waals surface area contributed by atoms with Gasteiger partial charge in [-0.1, -0.05) is 29.8 Å². The highest BCUT2D eigenvalue weighted by Crippen LogP contribution is 2.16. The second-order valence-electron chi connectivity index (χ2n) is 6.62. The van der Waals surface area contributed by atoms with Gasteiger partial charge in [-0.25, -0.2) is 0 Å². The predicted octanol–water partition coefficient (Wildman–Crippen LogP) is 4.47. The van der Waals surface area contributed by atoms with Crippen LogP contribution in [0.3, 0.4) is 0 Å². The first kappa shape index (κ1) is 18.2. The Balaban J connectivity index is 1.50. The van der Waals surface area contributed by atoms with Crippen LogP contribution in [0.15, 0.2) is 42.5 Å². The summed E-state index contributed by atoms with van der Waals surface area (Å²) in [6.45, 7) is 9.13. The average molecular weight is 374 g/mol. The van der Waals surface area contributed by atoms with E-state index < -0.39 is 0 Å².